The first-order valence-corrected chi connectivity index (χ1v) is 12.9. The molecule has 10 nitrogen and oxygen atoms in total. The Morgan fingerprint density at radius 1 is 1.12 bits per heavy atom. The maximum absolute atomic E-state index is 13.8. The molecule has 0 fully saturated rings. The number of hydrogen-bond acceptors (Lipinski definition) is 7. The summed E-state index contributed by atoms with van der Waals surface area (Å²) in [6.45, 7) is 0. The Morgan fingerprint density at radius 3 is 2.45 bits per heavy atom. The third kappa shape index (κ3) is 5.79. The van der Waals surface area contributed by atoms with Gasteiger partial charge < -0.3 is 14.6 Å². The molecular formula is C24H18ClF4N5O5S. The zero-order valence-corrected chi connectivity index (χ0v) is 22.0. The summed E-state index contributed by atoms with van der Waals surface area (Å²) in [5, 5.41) is 5.80. The summed E-state index contributed by atoms with van der Waals surface area (Å²) < 4.78 is 91.0. The van der Waals surface area contributed by atoms with Crippen molar-refractivity contribution in [2.75, 3.05) is 23.8 Å². The number of urea groups is 1. The van der Waals surface area contributed by atoms with Crippen LogP contribution in [0.2, 0.25) is 5.02 Å². The average Bonchev–Trinajstić information content (AvgIpc) is 3.41. The Bertz CT molecular complexity index is 1650. The molecule has 2 N–H and O–H groups in total. The molecule has 4 rings (SSSR count). The second kappa shape index (κ2) is 11.0. The summed E-state index contributed by atoms with van der Waals surface area (Å²) in [7, 11) is -1.51. The van der Waals surface area contributed by atoms with Crippen molar-refractivity contribution in [1.29, 1.82) is 0 Å². The van der Waals surface area contributed by atoms with Crippen LogP contribution in [0.4, 0.5) is 39.7 Å². The number of methoxy groups -OCH3 is 1. The maximum Gasteiger partial charge on any atom is 0.419 e. The van der Waals surface area contributed by atoms with Gasteiger partial charge in [0.15, 0.2) is 5.82 Å². The number of hydrogen-bond donors (Lipinski definition) is 2. The topological polar surface area (TPSA) is 127 Å². The quantitative estimate of drug-likeness (QED) is 0.256. The number of benzene rings is 2. The average molecular weight is 600 g/mol. The number of nitrogens with zero attached hydrogens (tertiary/aromatic N) is 3. The molecule has 0 aliphatic rings. The molecule has 0 aliphatic heterocycles. The van der Waals surface area contributed by atoms with Crippen LogP contribution >= 0.6 is 11.6 Å². The Morgan fingerprint density at radius 2 is 1.88 bits per heavy atom. The summed E-state index contributed by atoms with van der Waals surface area (Å²) in [5.41, 5.74) is -1.44. The van der Waals surface area contributed by atoms with E-state index in [1.165, 1.54) is 50.8 Å². The number of aromatic nitrogens is 2. The monoisotopic (exact) mass is 599 g/mol. The Labute approximate surface area is 229 Å². The van der Waals surface area contributed by atoms with E-state index in [0.29, 0.717) is 12.1 Å². The second-order valence-corrected chi connectivity index (χ2v) is 10.0. The molecular weight excluding hydrogens is 582 g/mol. The third-order valence-corrected chi connectivity index (χ3v) is 7.10. The van der Waals surface area contributed by atoms with Gasteiger partial charge in [0.05, 0.1) is 23.4 Å². The standard InChI is InChI=1S/C24H18ClF4N5O5S/c1-30-23(35)34(22-6-4-14(12-31-22)40(36,37)33-21-7-8-39-32-21)19-11-17(25)15(10-20(19)38-2)13-3-5-18(26)16(9-13)24(27,28)29/h3-12H,1-2H3,(H,30,35)(H,32,33). The van der Waals surface area contributed by atoms with Crippen LogP contribution in [0.25, 0.3) is 11.1 Å². The SMILES string of the molecule is CNC(=O)N(c1ccc(S(=O)(=O)Nc2ccon2)cn1)c1cc(Cl)c(-c2ccc(F)c(C(F)(F)F)c2)cc1OC. The van der Waals surface area contributed by atoms with Crippen LogP contribution in [-0.4, -0.2) is 38.7 Å². The molecule has 40 heavy (non-hydrogen) atoms. The highest BCUT2D eigenvalue weighted by Crippen LogP contribution is 2.42. The largest absolute Gasteiger partial charge is 0.495 e. The summed E-state index contributed by atoms with van der Waals surface area (Å²) in [6, 6.07) is 7.91. The van der Waals surface area contributed by atoms with Gasteiger partial charge in [0.25, 0.3) is 10.0 Å². The van der Waals surface area contributed by atoms with Gasteiger partial charge in [-0.15, -0.1) is 0 Å². The minimum Gasteiger partial charge on any atom is -0.495 e. The van der Waals surface area contributed by atoms with Gasteiger partial charge in [-0.25, -0.2) is 27.5 Å². The summed E-state index contributed by atoms with van der Waals surface area (Å²) in [4.78, 5) is 17.7. The van der Waals surface area contributed by atoms with E-state index >= 15 is 0 Å². The van der Waals surface area contributed by atoms with E-state index < -0.39 is 33.6 Å². The predicted molar refractivity (Wildman–Crippen MR) is 137 cm³/mol. The van der Waals surface area contributed by atoms with Crippen molar-refractivity contribution in [3.05, 3.63) is 77.4 Å². The van der Waals surface area contributed by atoms with Crippen molar-refractivity contribution in [1.82, 2.24) is 15.5 Å². The van der Waals surface area contributed by atoms with E-state index in [4.69, 9.17) is 16.3 Å². The normalized spacial score (nSPS) is 11.7. The number of carbonyl (C=O) groups is 1. The zero-order valence-electron chi connectivity index (χ0n) is 20.5. The van der Waals surface area contributed by atoms with Crippen LogP contribution in [0.5, 0.6) is 5.75 Å². The van der Waals surface area contributed by atoms with Gasteiger partial charge >= 0.3 is 12.2 Å². The van der Waals surface area contributed by atoms with E-state index in [9.17, 15) is 30.8 Å². The number of pyridine rings is 1. The van der Waals surface area contributed by atoms with Gasteiger partial charge in [-0.1, -0.05) is 22.8 Å². The number of amides is 2. The van der Waals surface area contributed by atoms with Gasteiger partial charge in [0.2, 0.25) is 0 Å². The fraction of sp³-hybridized carbons (Fsp3) is 0.125. The molecule has 0 spiro atoms. The smallest absolute Gasteiger partial charge is 0.419 e. The fourth-order valence-corrected chi connectivity index (χ4v) is 4.79. The van der Waals surface area contributed by atoms with Crippen molar-refractivity contribution in [2.45, 2.75) is 11.1 Å². The van der Waals surface area contributed by atoms with E-state index in [2.05, 4.69) is 24.7 Å². The van der Waals surface area contributed by atoms with E-state index in [1.54, 1.807) is 0 Å². The Kier molecular flexibility index (Phi) is 7.88. The summed E-state index contributed by atoms with van der Waals surface area (Å²) in [5.74, 6) is -1.57. The molecule has 16 heteroatoms. The van der Waals surface area contributed by atoms with Crippen LogP contribution in [0, 0.1) is 5.82 Å². The van der Waals surface area contributed by atoms with Gasteiger partial charge in [-0.05, 0) is 42.0 Å². The lowest BCUT2D eigenvalue weighted by Gasteiger charge is -2.24. The highest BCUT2D eigenvalue weighted by atomic mass is 35.5. The van der Waals surface area contributed by atoms with Crippen LogP contribution in [-0.2, 0) is 16.2 Å². The van der Waals surface area contributed by atoms with Crippen LogP contribution in [0.1, 0.15) is 5.56 Å². The van der Waals surface area contributed by atoms with Crippen molar-refractivity contribution in [3.8, 4) is 16.9 Å². The number of sulfonamides is 1. The lowest BCUT2D eigenvalue weighted by Crippen LogP contribution is -2.35. The first-order chi connectivity index (χ1) is 18.9. The third-order valence-electron chi connectivity index (χ3n) is 5.45. The van der Waals surface area contributed by atoms with Gasteiger partial charge in [0, 0.05) is 24.9 Å². The Hall–Kier alpha value is -4.37. The van der Waals surface area contributed by atoms with Gasteiger partial charge in [0.1, 0.15) is 28.5 Å². The number of carbonyl (C=O) groups excluding carboxylic acids is 1. The highest BCUT2D eigenvalue weighted by molar-refractivity contribution is 7.92. The van der Waals surface area contributed by atoms with Crippen LogP contribution < -0.4 is 19.7 Å². The number of anilines is 3. The number of nitrogens with one attached hydrogen (secondary N) is 2. The van der Waals surface area contributed by atoms with Crippen molar-refractivity contribution >= 4 is 45.0 Å². The predicted octanol–water partition coefficient (Wildman–Crippen LogP) is 5.83. The molecule has 2 heterocycles. The van der Waals surface area contributed by atoms with Crippen molar-refractivity contribution < 1.29 is 40.0 Å². The molecule has 0 aliphatic carbocycles. The first kappa shape index (κ1) is 28.6. The van der Waals surface area contributed by atoms with E-state index in [0.717, 1.165) is 17.2 Å². The molecule has 0 unspecified atom stereocenters. The molecule has 0 saturated carbocycles. The lowest BCUT2D eigenvalue weighted by atomic mass is 10.0. The second-order valence-electron chi connectivity index (χ2n) is 7.93. The first-order valence-electron chi connectivity index (χ1n) is 11.0. The molecule has 0 saturated heterocycles. The van der Waals surface area contributed by atoms with Gasteiger partial charge in [-0.3, -0.25) is 4.72 Å². The molecule has 4 aromatic rings. The molecule has 2 aromatic heterocycles. The molecule has 2 aromatic carbocycles. The molecule has 210 valence electrons. The minimum atomic E-state index is -4.94. The van der Waals surface area contributed by atoms with Crippen LogP contribution in [0.3, 0.4) is 0 Å². The highest BCUT2D eigenvalue weighted by Gasteiger charge is 2.34. The minimum absolute atomic E-state index is 0.00733. The van der Waals surface area contributed by atoms with Crippen molar-refractivity contribution in [3.63, 3.8) is 0 Å². The number of alkyl halides is 3. The number of halogens is 5. The van der Waals surface area contributed by atoms with E-state index in [-0.39, 0.29) is 44.1 Å². The molecule has 0 atom stereocenters. The fourth-order valence-electron chi connectivity index (χ4n) is 3.59. The number of rotatable bonds is 7. The molecule has 0 bridgehead atoms. The Balaban J connectivity index is 1.76. The van der Waals surface area contributed by atoms with Gasteiger partial charge in [-0.2, -0.15) is 13.2 Å². The zero-order chi connectivity index (χ0) is 29.2. The summed E-state index contributed by atoms with van der Waals surface area (Å²) in [6.07, 6.45) is -2.77. The lowest BCUT2D eigenvalue weighted by molar-refractivity contribution is -0.139. The maximum atomic E-state index is 13.8. The molecule has 2 amide bonds. The van der Waals surface area contributed by atoms with Crippen LogP contribution in [0.15, 0.2) is 70.4 Å². The van der Waals surface area contributed by atoms with E-state index in [1.807, 2.05) is 0 Å². The van der Waals surface area contributed by atoms with Crippen molar-refractivity contribution in [2.24, 2.45) is 0 Å². The summed E-state index contributed by atoms with van der Waals surface area (Å²) >= 11 is 6.42. The molecule has 0 radical (unpaired) electrons. The number of ether oxygens (including phenoxy) is 1.